The van der Waals surface area contributed by atoms with Crippen molar-refractivity contribution >= 4 is 90.7 Å². The SMILES string of the molecule is CCOC(=O)c1nn(-c2ccccc2C(C)C)c(-c2noc(-c3cccc(C)c3)n2)c1Br.COC(=O)c1nn(-c2ccccc2C)c(-c2noc(-c3cccc(C)c3)n2)c1Cl.CSCOC(=O)c1nn(-c2ccccc2C(C)C)c(-c2noc(-c3cccc(C)c3)n2)c1Cl.Cc1cccc(-c2nc(-c3c(Br)c(C(=O)O)nn3-c3ccccc3C)no2)c1. The number of carboxylic acid groups (broad SMARTS) is 1. The molecule has 0 aliphatic carbocycles. The third-order valence-electron chi connectivity index (χ3n) is 18.7. The van der Waals surface area contributed by atoms with Crippen molar-refractivity contribution in [3.63, 3.8) is 0 Å². The summed E-state index contributed by atoms with van der Waals surface area (Å²) in [5.41, 5.74) is 16.2. The van der Waals surface area contributed by atoms with Gasteiger partial charge >= 0.3 is 23.9 Å². The first-order chi connectivity index (χ1) is 58.7. The van der Waals surface area contributed by atoms with Crippen LogP contribution in [-0.4, -0.2) is 135 Å². The molecule has 8 aromatic heterocycles. The lowest BCUT2D eigenvalue weighted by atomic mass is 10.0. The molecule has 8 heterocycles. The summed E-state index contributed by atoms with van der Waals surface area (Å²) in [7, 11) is 1.27. The number of rotatable bonds is 21. The number of halogens is 4. The molecule has 0 aliphatic heterocycles. The van der Waals surface area contributed by atoms with E-state index in [1.54, 1.807) is 16.3 Å². The van der Waals surface area contributed by atoms with Gasteiger partial charge < -0.3 is 37.4 Å². The van der Waals surface area contributed by atoms with Crippen molar-refractivity contribution in [2.45, 2.75) is 88.0 Å². The monoisotopic (exact) mass is 1820 g/mol. The Kier molecular flexibility index (Phi) is 27.4. The molecule has 0 unspecified atom stereocenters. The van der Waals surface area contributed by atoms with Gasteiger partial charge in [0.25, 0.3) is 23.6 Å². The number of methoxy groups -OCH3 is 1. The second-order valence-electron chi connectivity index (χ2n) is 28.2. The highest BCUT2D eigenvalue weighted by Gasteiger charge is 2.34. The molecule has 16 rings (SSSR count). The number of esters is 3. The van der Waals surface area contributed by atoms with E-state index in [2.05, 4.69) is 121 Å². The molecule has 1 N–H and O–H groups in total. The maximum Gasteiger partial charge on any atom is 0.361 e. The van der Waals surface area contributed by atoms with E-state index >= 15 is 0 Å². The predicted octanol–water partition coefficient (Wildman–Crippen LogP) is 21.4. The van der Waals surface area contributed by atoms with Crippen LogP contribution in [-0.2, 0) is 14.2 Å². The Morgan fingerprint density at radius 3 is 1.08 bits per heavy atom. The number of para-hydroxylation sites is 4. The van der Waals surface area contributed by atoms with Crippen molar-refractivity contribution < 1.29 is 56.6 Å². The van der Waals surface area contributed by atoms with Gasteiger partial charge in [0.1, 0.15) is 38.8 Å². The van der Waals surface area contributed by atoms with Gasteiger partial charge in [-0.25, -0.2) is 37.9 Å². The number of carboxylic acids is 1. The van der Waals surface area contributed by atoms with Crippen molar-refractivity contribution in [2.75, 3.05) is 25.9 Å². The van der Waals surface area contributed by atoms with Gasteiger partial charge in [-0.1, -0.05) is 215 Å². The molecule has 0 spiro atoms. The first kappa shape index (κ1) is 86.8. The number of carbonyl (C=O) groups excluding carboxylic acids is 3. The molecule has 0 fully saturated rings. The lowest BCUT2D eigenvalue weighted by molar-refractivity contribution is 0.0515. The van der Waals surface area contributed by atoms with Gasteiger partial charge in [0.2, 0.25) is 23.3 Å². The van der Waals surface area contributed by atoms with Gasteiger partial charge in [0.15, 0.2) is 22.8 Å². The highest BCUT2D eigenvalue weighted by molar-refractivity contribution is 9.11. The second-order valence-corrected chi connectivity index (χ2v) is 31.4. The Hall–Kier alpha value is -13.1. The van der Waals surface area contributed by atoms with E-state index < -0.39 is 23.9 Å². The van der Waals surface area contributed by atoms with E-state index in [0.717, 1.165) is 89.5 Å². The minimum absolute atomic E-state index is 0.00109. The topological polar surface area (TPSA) is 343 Å². The number of aromatic carboxylic acids is 1. The zero-order valence-corrected chi connectivity index (χ0v) is 73.6. The van der Waals surface area contributed by atoms with Crippen LogP contribution < -0.4 is 0 Å². The first-order valence-electron chi connectivity index (χ1n) is 38.0. The highest BCUT2D eigenvalue weighted by Crippen LogP contribution is 2.41. The number of carbonyl (C=O) groups is 4. The van der Waals surface area contributed by atoms with E-state index in [9.17, 15) is 24.3 Å². The molecule has 0 radical (unpaired) electrons. The molecule has 0 amide bonds. The summed E-state index contributed by atoms with van der Waals surface area (Å²) < 4.78 is 44.3. The normalized spacial score (nSPS) is 11.1. The third kappa shape index (κ3) is 18.9. The Bertz CT molecular complexity index is 6540. The second kappa shape index (κ2) is 38.5. The molecule has 33 heteroatoms. The molecule has 0 saturated heterocycles. The molecule has 8 aromatic carbocycles. The molecular formula is C89H78Br2Cl2N16O12S. The van der Waals surface area contributed by atoms with Crippen LogP contribution in [0.5, 0.6) is 0 Å². The molecule has 122 heavy (non-hydrogen) atoms. The first-order valence-corrected chi connectivity index (χ1v) is 41.7. The Labute approximate surface area is 730 Å². The summed E-state index contributed by atoms with van der Waals surface area (Å²) in [5.74, 6) is 0.135. The van der Waals surface area contributed by atoms with Gasteiger partial charge in [0, 0.05) is 22.3 Å². The number of benzene rings is 8. The zero-order valence-electron chi connectivity index (χ0n) is 68.1. The summed E-state index contributed by atoms with van der Waals surface area (Å²) in [6, 6.07) is 61.8. The summed E-state index contributed by atoms with van der Waals surface area (Å²) in [4.78, 5) is 67.2. The molecule has 16 aromatic rings. The van der Waals surface area contributed by atoms with Crippen LogP contribution in [0.1, 0.15) is 133 Å². The number of thioether (sulfide) groups is 1. The van der Waals surface area contributed by atoms with Crippen molar-refractivity contribution in [3.05, 3.63) is 280 Å². The Morgan fingerprint density at radius 1 is 0.418 bits per heavy atom. The van der Waals surface area contributed by atoms with Gasteiger partial charge in [-0.05, 0) is 193 Å². The number of aryl methyl sites for hydroxylation is 6. The minimum atomic E-state index is -1.15. The van der Waals surface area contributed by atoms with Crippen LogP contribution in [0.2, 0.25) is 10.0 Å². The number of nitrogens with zero attached hydrogens (tertiary/aromatic N) is 16. The van der Waals surface area contributed by atoms with Crippen LogP contribution in [0.15, 0.2) is 221 Å². The van der Waals surface area contributed by atoms with Crippen LogP contribution in [0, 0.1) is 41.5 Å². The fraction of sp³-hybridized carbons (Fsp3) is 0.191. The maximum absolute atomic E-state index is 12.7. The number of hydrogen-bond donors (Lipinski definition) is 1. The Morgan fingerprint density at radius 2 is 0.730 bits per heavy atom. The summed E-state index contributed by atoms with van der Waals surface area (Å²) in [6.45, 7) is 22.2. The van der Waals surface area contributed by atoms with Crippen molar-refractivity contribution in [1.82, 2.24) is 79.7 Å². The number of ether oxygens (including phenoxy) is 3. The summed E-state index contributed by atoms with van der Waals surface area (Å²) in [5, 5.41) is 44.0. The molecule has 0 bridgehead atoms. The molecule has 0 saturated carbocycles. The predicted molar refractivity (Wildman–Crippen MR) is 469 cm³/mol. The van der Waals surface area contributed by atoms with Crippen LogP contribution in [0.3, 0.4) is 0 Å². The van der Waals surface area contributed by atoms with E-state index in [0.29, 0.717) is 61.1 Å². The van der Waals surface area contributed by atoms with Gasteiger partial charge in [-0.3, -0.25) is 0 Å². The van der Waals surface area contributed by atoms with Crippen LogP contribution in [0.4, 0.5) is 0 Å². The summed E-state index contributed by atoms with van der Waals surface area (Å²) >= 11 is 21.5. The Balaban J connectivity index is 0.000000140. The van der Waals surface area contributed by atoms with E-state index in [4.69, 9.17) is 55.5 Å². The van der Waals surface area contributed by atoms with Crippen LogP contribution >= 0.6 is 66.8 Å². The smallest absolute Gasteiger partial charge is 0.361 e. The maximum atomic E-state index is 12.7. The zero-order chi connectivity index (χ0) is 86.7. The fourth-order valence-corrected chi connectivity index (χ4v) is 14.8. The minimum Gasteiger partial charge on any atom is -0.476 e. The number of aromatic nitrogens is 16. The van der Waals surface area contributed by atoms with Gasteiger partial charge in [-0.15, -0.1) is 11.8 Å². The van der Waals surface area contributed by atoms with Gasteiger partial charge in [-0.2, -0.15) is 40.3 Å². The average molecular weight is 1830 g/mol. The summed E-state index contributed by atoms with van der Waals surface area (Å²) in [6.07, 6.45) is 1.84. The lowest BCUT2D eigenvalue weighted by Gasteiger charge is -2.14. The molecule has 620 valence electrons. The van der Waals surface area contributed by atoms with Crippen molar-refractivity contribution in [3.8, 4) is 115 Å². The third-order valence-corrected chi connectivity index (χ3v) is 21.3. The average Bonchev–Trinajstić information content (AvgIpc) is 1.61. The van der Waals surface area contributed by atoms with E-state index in [-0.39, 0.29) is 74.7 Å². The van der Waals surface area contributed by atoms with E-state index in [1.807, 2.05) is 242 Å². The van der Waals surface area contributed by atoms with Crippen molar-refractivity contribution in [2.24, 2.45) is 0 Å². The quantitative estimate of drug-likeness (QED) is 0.0397. The lowest BCUT2D eigenvalue weighted by Crippen LogP contribution is -2.08. The molecule has 0 aliphatic rings. The fourth-order valence-electron chi connectivity index (χ4n) is 12.9. The largest absolute Gasteiger partial charge is 0.476 e. The highest BCUT2D eigenvalue weighted by atomic mass is 79.9. The molecule has 0 atom stereocenters. The van der Waals surface area contributed by atoms with Crippen LogP contribution in [0.25, 0.3) is 115 Å². The van der Waals surface area contributed by atoms with E-state index in [1.165, 1.54) is 28.2 Å². The molecule has 28 nitrogen and oxygen atoms in total. The van der Waals surface area contributed by atoms with Gasteiger partial charge in [0.05, 0.1) is 45.4 Å². The number of hydrogen-bond acceptors (Lipinski definition) is 24. The standard InChI is InChI=1S/C24H23BrN4O3.C24H23ClN4O3S.C21H17ClN4O3.C20H15BrN4O3/c1-5-31-24(30)20-19(25)21(29(27-20)18-12-7-6-11-17(18)14(2)3)22-26-23(32-28-22)16-10-8-9-15(4)13-16;1-14(2)17-10-5-6-11-18(17)29-21(19(25)20(27-29)24(30)31-13-33-4)22-26-23(32-28-22)16-9-7-8-15(3)12-16;1-12-7-6-9-14(11-12)20-23-19(25-29-20)18-16(22)17(21(27)28-3)24-26(18)15-10-5-4-8-13(15)2;1-11-6-5-8-13(10-11)19-22-18(24-28-19)17-15(21)16(20(26)27)23-25(17)14-9-4-3-7-12(14)2/h6-14H,5H2,1-4H3;5-12,14H,13H2,1-4H3;4-11H,1-3H3;3-10H,1-2H3,(H,26,27). The van der Waals surface area contributed by atoms with Crippen molar-refractivity contribution in [1.29, 1.82) is 0 Å². The molecular weight excluding hydrogens is 1750 g/mol.